The first-order chi connectivity index (χ1) is 11.6. The molecule has 0 aliphatic heterocycles. The second-order valence-corrected chi connectivity index (χ2v) is 8.29. The third kappa shape index (κ3) is 2.29. The molecule has 1 fully saturated rings. The lowest BCUT2D eigenvalue weighted by Crippen LogP contribution is -2.43. The molecule has 25 heavy (non-hydrogen) atoms. The predicted molar refractivity (Wildman–Crippen MR) is 94.2 cm³/mol. The van der Waals surface area contributed by atoms with Gasteiger partial charge in [0.25, 0.3) is 0 Å². The standard InChI is InChI=1S/C20H26O5/c1-10(9-21)11-8-12-13(16(24)14(11)22)20(4)7-5-6-19(2,3)18(20)17(25)15(12)23/h8,10,21-22,24-25H,5-7,9H2,1-4H3/t10-,20-/m1/s1. The van der Waals surface area contributed by atoms with Gasteiger partial charge in [0.1, 0.15) is 0 Å². The Morgan fingerprint density at radius 1 is 1.12 bits per heavy atom. The molecule has 136 valence electrons. The van der Waals surface area contributed by atoms with Crippen molar-refractivity contribution in [3.05, 3.63) is 34.1 Å². The molecule has 0 saturated heterocycles. The van der Waals surface area contributed by atoms with Crippen molar-refractivity contribution in [1.82, 2.24) is 0 Å². The van der Waals surface area contributed by atoms with Crippen LogP contribution in [0.4, 0.5) is 0 Å². The van der Waals surface area contributed by atoms with E-state index in [2.05, 4.69) is 0 Å². The van der Waals surface area contributed by atoms with Crippen LogP contribution in [0.3, 0.4) is 0 Å². The number of hydrogen-bond donors (Lipinski definition) is 4. The van der Waals surface area contributed by atoms with Gasteiger partial charge in [0.15, 0.2) is 17.3 Å². The summed E-state index contributed by atoms with van der Waals surface area (Å²) in [5.41, 5.74) is 0.473. The topological polar surface area (TPSA) is 98.0 Å². The second-order valence-electron chi connectivity index (χ2n) is 8.29. The highest BCUT2D eigenvalue weighted by Crippen LogP contribution is 2.59. The van der Waals surface area contributed by atoms with Crippen molar-refractivity contribution in [2.24, 2.45) is 5.41 Å². The number of Topliss-reactive ketones (excluding diaryl/α,β-unsaturated/α-hetero) is 1. The van der Waals surface area contributed by atoms with Gasteiger partial charge in [0, 0.05) is 34.6 Å². The summed E-state index contributed by atoms with van der Waals surface area (Å²) in [6, 6.07) is 1.51. The molecule has 2 atom stereocenters. The fraction of sp³-hybridized carbons (Fsp3) is 0.550. The maximum atomic E-state index is 12.9. The lowest BCUT2D eigenvalue weighted by atomic mass is 9.54. The lowest BCUT2D eigenvalue weighted by molar-refractivity contribution is 0.0938. The molecule has 1 aromatic rings. The average Bonchev–Trinajstić information content (AvgIpc) is 2.53. The van der Waals surface area contributed by atoms with Gasteiger partial charge in [0.2, 0.25) is 5.78 Å². The van der Waals surface area contributed by atoms with Crippen LogP contribution in [0.2, 0.25) is 0 Å². The fourth-order valence-electron chi connectivity index (χ4n) is 4.84. The van der Waals surface area contributed by atoms with E-state index in [-0.39, 0.29) is 34.8 Å². The number of phenols is 2. The minimum Gasteiger partial charge on any atom is -0.504 e. The normalized spacial score (nSPS) is 26.2. The molecule has 4 N–H and O–H groups in total. The minimum absolute atomic E-state index is 0.215. The highest BCUT2D eigenvalue weighted by Gasteiger charge is 2.52. The number of aliphatic hydroxyl groups excluding tert-OH is 2. The van der Waals surface area contributed by atoms with Crippen molar-refractivity contribution in [2.75, 3.05) is 6.61 Å². The largest absolute Gasteiger partial charge is 0.504 e. The molecule has 0 unspecified atom stereocenters. The fourth-order valence-corrected chi connectivity index (χ4v) is 4.84. The number of ketones is 1. The molecule has 2 aliphatic rings. The van der Waals surface area contributed by atoms with Gasteiger partial charge < -0.3 is 20.4 Å². The first-order valence-corrected chi connectivity index (χ1v) is 8.75. The molecule has 2 aliphatic carbocycles. The van der Waals surface area contributed by atoms with Gasteiger partial charge in [-0.2, -0.15) is 0 Å². The maximum Gasteiger partial charge on any atom is 0.227 e. The molecule has 0 amide bonds. The first kappa shape index (κ1) is 17.8. The van der Waals surface area contributed by atoms with Gasteiger partial charge in [-0.15, -0.1) is 0 Å². The Morgan fingerprint density at radius 2 is 1.76 bits per heavy atom. The van der Waals surface area contributed by atoms with E-state index < -0.39 is 17.1 Å². The summed E-state index contributed by atoms with van der Waals surface area (Å²) in [5.74, 6) is -1.82. The number of carbonyl (C=O) groups is 1. The molecule has 0 bridgehead atoms. The van der Waals surface area contributed by atoms with Crippen LogP contribution in [0.25, 0.3) is 0 Å². The van der Waals surface area contributed by atoms with Crippen LogP contribution < -0.4 is 0 Å². The molecule has 3 rings (SSSR count). The highest BCUT2D eigenvalue weighted by atomic mass is 16.3. The SMILES string of the molecule is C[C@H](CO)c1cc2c(c(O)c1O)[C@@]1(C)CCCC(C)(C)C1=C(O)C2=O. The monoisotopic (exact) mass is 346 g/mol. The molecule has 5 heteroatoms. The number of aliphatic hydroxyl groups is 2. The Hall–Kier alpha value is -2.01. The summed E-state index contributed by atoms with van der Waals surface area (Å²) < 4.78 is 0. The number of rotatable bonds is 2. The van der Waals surface area contributed by atoms with Crippen LogP contribution in [0.5, 0.6) is 11.5 Å². The van der Waals surface area contributed by atoms with Crippen molar-refractivity contribution < 1.29 is 25.2 Å². The van der Waals surface area contributed by atoms with Gasteiger partial charge in [-0.05, 0) is 29.9 Å². The molecule has 0 heterocycles. The summed E-state index contributed by atoms with van der Waals surface area (Å²) >= 11 is 0. The third-order valence-corrected chi connectivity index (χ3v) is 6.06. The van der Waals surface area contributed by atoms with E-state index in [4.69, 9.17) is 0 Å². The number of carbonyl (C=O) groups excluding carboxylic acids is 1. The van der Waals surface area contributed by atoms with Crippen molar-refractivity contribution in [3.8, 4) is 11.5 Å². The first-order valence-electron chi connectivity index (χ1n) is 8.75. The average molecular weight is 346 g/mol. The van der Waals surface area contributed by atoms with Crippen LogP contribution >= 0.6 is 0 Å². The number of benzene rings is 1. The molecular weight excluding hydrogens is 320 g/mol. The molecular formula is C20H26O5. The van der Waals surface area contributed by atoms with E-state index in [0.717, 1.165) is 12.8 Å². The quantitative estimate of drug-likeness (QED) is 0.613. The second kappa shape index (κ2) is 5.49. The van der Waals surface area contributed by atoms with Gasteiger partial charge in [-0.1, -0.05) is 34.1 Å². The zero-order valence-corrected chi connectivity index (χ0v) is 15.2. The van der Waals surface area contributed by atoms with E-state index in [1.165, 1.54) is 6.07 Å². The van der Waals surface area contributed by atoms with Crippen molar-refractivity contribution in [1.29, 1.82) is 0 Å². The summed E-state index contributed by atoms with van der Waals surface area (Å²) in [6.45, 7) is 7.37. The molecule has 1 saturated carbocycles. The van der Waals surface area contributed by atoms with Crippen LogP contribution in [-0.2, 0) is 5.41 Å². The Balaban J connectivity index is 2.36. The van der Waals surface area contributed by atoms with Crippen LogP contribution in [-0.4, -0.2) is 32.8 Å². The number of phenolic OH excluding ortho intramolecular Hbond substituents is 2. The summed E-state index contributed by atoms with van der Waals surface area (Å²) in [6.07, 6.45) is 2.41. The third-order valence-electron chi connectivity index (χ3n) is 6.06. The predicted octanol–water partition coefficient (Wildman–Crippen LogP) is 3.67. The smallest absolute Gasteiger partial charge is 0.227 e. The minimum atomic E-state index is -0.711. The Bertz CT molecular complexity index is 790. The zero-order chi connectivity index (χ0) is 18.7. The number of allylic oxidation sites excluding steroid dienone is 2. The number of fused-ring (bicyclic) bond motifs is 3. The van der Waals surface area contributed by atoms with Crippen LogP contribution in [0.1, 0.15) is 74.4 Å². The number of aromatic hydroxyl groups is 2. The molecule has 0 aromatic heterocycles. The molecule has 5 nitrogen and oxygen atoms in total. The summed E-state index contributed by atoms with van der Waals surface area (Å²) in [4.78, 5) is 12.9. The van der Waals surface area contributed by atoms with Gasteiger partial charge in [-0.3, -0.25) is 4.79 Å². The summed E-state index contributed by atoms with van der Waals surface area (Å²) in [7, 11) is 0. The van der Waals surface area contributed by atoms with Crippen molar-refractivity contribution in [2.45, 2.75) is 58.3 Å². The zero-order valence-electron chi connectivity index (χ0n) is 15.2. The van der Waals surface area contributed by atoms with E-state index in [1.807, 2.05) is 20.8 Å². The van der Waals surface area contributed by atoms with E-state index in [1.54, 1.807) is 6.92 Å². The van der Waals surface area contributed by atoms with Crippen molar-refractivity contribution >= 4 is 5.78 Å². The lowest BCUT2D eigenvalue weighted by Gasteiger charge is -2.49. The molecule has 1 aromatic carbocycles. The molecule has 0 radical (unpaired) electrons. The van der Waals surface area contributed by atoms with Crippen LogP contribution in [0, 0.1) is 5.41 Å². The van der Waals surface area contributed by atoms with E-state index in [9.17, 15) is 25.2 Å². The Morgan fingerprint density at radius 3 is 2.36 bits per heavy atom. The van der Waals surface area contributed by atoms with Gasteiger partial charge in [0.05, 0.1) is 0 Å². The molecule has 0 spiro atoms. The number of hydrogen-bond acceptors (Lipinski definition) is 5. The van der Waals surface area contributed by atoms with Crippen molar-refractivity contribution in [3.63, 3.8) is 0 Å². The Labute approximate surface area is 147 Å². The Kier molecular flexibility index (Phi) is 3.91. The van der Waals surface area contributed by atoms with Gasteiger partial charge in [-0.25, -0.2) is 0 Å². The highest BCUT2D eigenvalue weighted by molar-refractivity contribution is 6.11. The van der Waals surface area contributed by atoms with E-state index in [0.29, 0.717) is 23.1 Å². The summed E-state index contributed by atoms with van der Waals surface area (Å²) in [5, 5.41) is 41.3. The maximum absolute atomic E-state index is 12.9. The van der Waals surface area contributed by atoms with Gasteiger partial charge >= 0.3 is 0 Å². The van der Waals surface area contributed by atoms with Crippen LogP contribution in [0.15, 0.2) is 17.4 Å². The van der Waals surface area contributed by atoms with E-state index >= 15 is 0 Å².